The molecule has 0 rings (SSSR count). The lowest BCUT2D eigenvalue weighted by Crippen LogP contribution is -2.05. The molecular formula is C5H11NO. The predicted octanol–water partition coefficient (Wildman–Crippen LogP) is 0.170. The summed E-state index contributed by atoms with van der Waals surface area (Å²) in [5, 5.41) is 0. The molecule has 0 aromatic carbocycles. The van der Waals surface area contributed by atoms with Crippen molar-refractivity contribution in [2.24, 2.45) is 11.7 Å². The zero-order valence-electron chi connectivity index (χ0n) is 4.55. The second kappa shape index (κ2) is 3.81. The topological polar surface area (TPSA) is 43.1 Å². The zero-order chi connectivity index (χ0) is 5.70. The highest BCUT2D eigenvalue weighted by atomic mass is 16.1. The molecule has 0 unspecified atom stereocenters. The van der Waals surface area contributed by atoms with Gasteiger partial charge in [0.1, 0.15) is 6.29 Å². The monoisotopic (exact) mass is 101 g/mol. The summed E-state index contributed by atoms with van der Waals surface area (Å²) < 4.78 is 0. The second-order valence-electron chi connectivity index (χ2n) is 1.69. The fourth-order valence-corrected chi connectivity index (χ4v) is 0.331. The number of rotatable bonds is 3. The van der Waals surface area contributed by atoms with Crippen molar-refractivity contribution >= 4 is 6.29 Å². The first kappa shape index (κ1) is 6.63. The fraction of sp³-hybridized carbons (Fsp3) is 0.800. The Morgan fingerprint density at radius 2 is 2.43 bits per heavy atom. The minimum atomic E-state index is 0.144. The van der Waals surface area contributed by atoms with Gasteiger partial charge in [0.2, 0.25) is 0 Å². The Morgan fingerprint density at radius 1 is 1.86 bits per heavy atom. The lowest BCUT2D eigenvalue weighted by atomic mass is 10.1. The normalized spacial score (nSPS) is 13.4. The maximum absolute atomic E-state index is 9.84. The molecule has 2 heteroatoms. The molecule has 2 nitrogen and oxygen atoms in total. The smallest absolute Gasteiger partial charge is 0.122 e. The van der Waals surface area contributed by atoms with Crippen LogP contribution in [-0.4, -0.2) is 12.8 Å². The van der Waals surface area contributed by atoms with Crippen molar-refractivity contribution in [1.82, 2.24) is 0 Å². The molecule has 2 N–H and O–H groups in total. The molecule has 0 heterocycles. The van der Waals surface area contributed by atoms with Crippen molar-refractivity contribution in [3.63, 3.8) is 0 Å². The molecule has 0 spiro atoms. The van der Waals surface area contributed by atoms with Crippen LogP contribution in [0.4, 0.5) is 0 Å². The maximum Gasteiger partial charge on any atom is 0.122 e. The van der Waals surface area contributed by atoms with Gasteiger partial charge in [-0.2, -0.15) is 0 Å². The summed E-state index contributed by atoms with van der Waals surface area (Å²) in [5.74, 6) is 0.144. The first-order valence-electron chi connectivity index (χ1n) is 2.46. The van der Waals surface area contributed by atoms with Gasteiger partial charge in [0.25, 0.3) is 0 Å². The molecule has 42 valence electrons. The molecule has 0 aromatic heterocycles. The molecule has 0 radical (unpaired) electrons. The van der Waals surface area contributed by atoms with E-state index in [0.717, 1.165) is 12.7 Å². The van der Waals surface area contributed by atoms with Gasteiger partial charge in [-0.15, -0.1) is 0 Å². The van der Waals surface area contributed by atoms with Crippen molar-refractivity contribution < 1.29 is 4.79 Å². The van der Waals surface area contributed by atoms with Gasteiger partial charge >= 0.3 is 0 Å². The van der Waals surface area contributed by atoms with Crippen LogP contribution in [-0.2, 0) is 4.79 Å². The minimum Gasteiger partial charge on any atom is -0.330 e. The highest BCUT2D eigenvalue weighted by Crippen LogP contribution is 1.91. The molecule has 0 aromatic rings. The Morgan fingerprint density at radius 3 is 2.57 bits per heavy atom. The summed E-state index contributed by atoms with van der Waals surface area (Å²) in [5.41, 5.74) is 5.15. The minimum absolute atomic E-state index is 0.144. The number of hydrogen-bond acceptors (Lipinski definition) is 2. The van der Waals surface area contributed by atoms with Crippen molar-refractivity contribution in [3.8, 4) is 0 Å². The molecule has 0 amide bonds. The van der Waals surface area contributed by atoms with Crippen molar-refractivity contribution in [2.45, 2.75) is 13.3 Å². The SMILES string of the molecule is C[C@@H](C=O)CCN. The molecule has 0 saturated carbocycles. The van der Waals surface area contributed by atoms with Crippen LogP contribution in [0.5, 0.6) is 0 Å². The summed E-state index contributed by atoms with van der Waals surface area (Å²) in [6.07, 6.45) is 1.73. The lowest BCUT2D eigenvalue weighted by Gasteiger charge is -1.95. The number of carbonyl (C=O) groups is 1. The third-order valence-electron chi connectivity index (χ3n) is 0.854. The molecule has 0 bridgehead atoms. The largest absolute Gasteiger partial charge is 0.330 e. The van der Waals surface area contributed by atoms with Crippen LogP contribution in [0, 0.1) is 5.92 Å². The van der Waals surface area contributed by atoms with Crippen LogP contribution in [0.3, 0.4) is 0 Å². The molecule has 1 atom stereocenters. The van der Waals surface area contributed by atoms with E-state index in [9.17, 15) is 4.79 Å². The highest BCUT2D eigenvalue weighted by molar-refractivity contribution is 5.52. The summed E-state index contributed by atoms with van der Waals surface area (Å²) in [7, 11) is 0. The Bertz CT molecular complexity index is 54.0. The van der Waals surface area contributed by atoms with Gasteiger partial charge in [-0.05, 0) is 13.0 Å². The van der Waals surface area contributed by atoms with Crippen molar-refractivity contribution in [1.29, 1.82) is 0 Å². The van der Waals surface area contributed by atoms with Gasteiger partial charge in [0, 0.05) is 5.92 Å². The summed E-state index contributed by atoms with van der Waals surface area (Å²) in [6, 6.07) is 0. The van der Waals surface area contributed by atoms with Gasteiger partial charge < -0.3 is 10.5 Å². The predicted molar refractivity (Wildman–Crippen MR) is 28.9 cm³/mol. The standard InChI is InChI=1S/C5H11NO/c1-5(4-7)2-3-6/h4-5H,2-3,6H2,1H3/t5-/m1/s1. The van der Waals surface area contributed by atoms with Crippen LogP contribution in [0.1, 0.15) is 13.3 Å². The average molecular weight is 101 g/mol. The van der Waals surface area contributed by atoms with Gasteiger partial charge in [-0.1, -0.05) is 6.92 Å². The number of carbonyl (C=O) groups excluding carboxylic acids is 1. The molecule has 0 aliphatic rings. The number of hydrogen-bond donors (Lipinski definition) is 1. The summed E-state index contributed by atoms with van der Waals surface area (Å²) >= 11 is 0. The van der Waals surface area contributed by atoms with E-state index in [1.54, 1.807) is 0 Å². The summed E-state index contributed by atoms with van der Waals surface area (Å²) in [6.45, 7) is 2.47. The zero-order valence-corrected chi connectivity index (χ0v) is 4.55. The molecule has 0 fully saturated rings. The quantitative estimate of drug-likeness (QED) is 0.515. The number of aldehydes is 1. The third-order valence-corrected chi connectivity index (χ3v) is 0.854. The molecular weight excluding hydrogens is 90.1 g/mol. The van der Waals surface area contributed by atoms with Gasteiger partial charge in [0.15, 0.2) is 0 Å². The van der Waals surface area contributed by atoms with Crippen LogP contribution in [0.2, 0.25) is 0 Å². The summed E-state index contributed by atoms with van der Waals surface area (Å²) in [4.78, 5) is 9.84. The van der Waals surface area contributed by atoms with Gasteiger partial charge in [-0.25, -0.2) is 0 Å². The van der Waals surface area contributed by atoms with E-state index >= 15 is 0 Å². The third kappa shape index (κ3) is 3.46. The van der Waals surface area contributed by atoms with Crippen LogP contribution in [0.15, 0.2) is 0 Å². The van der Waals surface area contributed by atoms with E-state index in [2.05, 4.69) is 0 Å². The Labute approximate surface area is 43.7 Å². The molecule has 0 aliphatic heterocycles. The Kier molecular flexibility index (Phi) is 3.61. The molecule has 0 saturated heterocycles. The van der Waals surface area contributed by atoms with Crippen LogP contribution < -0.4 is 5.73 Å². The van der Waals surface area contributed by atoms with Gasteiger partial charge in [0.05, 0.1) is 0 Å². The van der Waals surface area contributed by atoms with E-state index in [1.165, 1.54) is 0 Å². The van der Waals surface area contributed by atoms with E-state index in [1.807, 2.05) is 6.92 Å². The fourth-order valence-electron chi connectivity index (χ4n) is 0.331. The van der Waals surface area contributed by atoms with Gasteiger partial charge in [-0.3, -0.25) is 0 Å². The van der Waals surface area contributed by atoms with Crippen molar-refractivity contribution in [3.05, 3.63) is 0 Å². The van der Waals surface area contributed by atoms with E-state index in [0.29, 0.717) is 6.54 Å². The van der Waals surface area contributed by atoms with Crippen LogP contribution >= 0.6 is 0 Å². The maximum atomic E-state index is 9.84. The Hall–Kier alpha value is -0.370. The lowest BCUT2D eigenvalue weighted by molar-refractivity contribution is -0.110. The van der Waals surface area contributed by atoms with E-state index in [4.69, 9.17) is 5.73 Å². The number of nitrogens with two attached hydrogens (primary N) is 1. The first-order valence-corrected chi connectivity index (χ1v) is 2.46. The van der Waals surface area contributed by atoms with E-state index in [-0.39, 0.29) is 5.92 Å². The first-order chi connectivity index (χ1) is 3.31. The molecule has 7 heavy (non-hydrogen) atoms. The van der Waals surface area contributed by atoms with Crippen LogP contribution in [0.25, 0.3) is 0 Å². The average Bonchev–Trinajstić information content (AvgIpc) is 1.68. The molecule has 0 aliphatic carbocycles. The van der Waals surface area contributed by atoms with Crippen molar-refractivity contribution in [2.75, 3.05) is 6.54 Å². The Balaban J connectivity index is 2.98. The van der Waals surface area contributed by atoms with E-state index < -0.39 is 0 Å². The highest BCUT2D eigenvalue weighted by Gasteiger charge is 1.93. The second-order valence-corrected chi connectivity index (χ2v) is 1.69.